The van der Waals surface area contributed by atoms with Crippen LogP contribution in [0.4, 0.5) is 5.82 Å². The van der Waals surface area contributed by atoms with Gasteiger partial charge in [-0.05, 0) is 31.6 Å². The van der Waals surface area contributed by atoms with Crippen LogP contribution in [-0.2, 0) is 6.42 Å². The van der Waals surface area contributed by atoms with E-state index in [4.69, 9.17) is 0 Å². The lowest BCUT2D eigenvalue weighted by atomic mass is 10.0. The zero-order valence-electron chi connectivity index (χ0n) is 14.9. The minimum Gasteiger partial charge on any atom is -0.338 e. The molecule has 0 radical (unpaired) electrons. The van der Waals surface area contributed by atoms with Crippen LogP contribution in [0.25, 0.3) is 10.8 Å². The number of benzene rings is 1. The fourth-order valence-electron chi connectivity index (χ4n) is 2.84. The highest BCUT2D eigenvalue weighted by atomic mass is 15.2. The molecule has 1 aliphatic heterocycles. The molecule has 0 atom stereocenters. The molecule has 4 nitrogen and oxygen atoms in total. The number of aliphatic imine (C=N–C) groups is 1. The van der Waals surface area contributed by atoms with Crippen molar-refractivity contribution in [3.05, 3.63) is 90.5 Å². The number of hydrogen-bond donors (Lipinski definition) is 1. The number of rotatable bonds is 6. The maximum atomic E-state index is 4.51. The first-order chi connectivity index (χ1) is 12.8. The third-order valence-electron chi connectivity index (χ3n) is 4.03. The molecule has 1 aliphatic rings. The lowest BCUT2D eigenvalue weighted by molar-refractivity contribution is 0.936. The molecule has 1 N–H and O–H groups in total. The summed E-state index contributed by atoms with van der Waals surface area (Å²) in [6.07, 6.45) is 17.0. The SMILES string of the molecule is C=C/C=C(\C=C/C)Nc1nnc(CC2=CC=NC=CC2)c2ccccc12. The summed E-state index contributed by atoms with van der Waals surface area (Å²) in [5.74, 6) is 0.742. The molecule has 4 heteroatoms. The van der Waals surface area contributed by atoms with E-state index in [-0.39, 0.29) is 0 Å². The van der Waals surface area contributed by atoms with Crippen LogP contribution in [-0.4, -0.2) is 16.4 Å². The smallest absolute Gasteiger partial charge is 0.160 e. The second-order valence-corrected chi connectivity index (χ2v) is 5.91. The molecule has 2 heterocycles. The molecule has 3 rings (SSSR count). The first-order valence-corrected chi connectivity index (χ1v) is 8.64. The van der Waals surface area contributed by atoms with Gasteiger partial charge in [-0.15, -0.1) is 5.10 Å². The number of nitrogens with zero attached hydrogens (tertiary/aromatic N) is 3. The summed E-state index contributed by atoms with van der Waals surface area (Å²) < 4.78 is 0. The molecule has 0 bridgehead atoms. The second kappa shape index (κ2) is 8.72. The van der Waals surface area contributed by atoms with Crippen molar-refractivity contribution in [1.29, 1.82) is 0 Å². The molecule has 0 amide bonds. The van der Waals surface area contributed by atoms with Crippen LogP contribution in [0.2, 0.25) is 0 Å². The van der Waals surface area contributed by atoms with Crippen molar-refractivity contribution in [1.82, 2.24) is 10.2 Å². The Balaban J connectivity index is 1.97. The monoisotopic (exact) mass is 342 g/mol. The first-order valence-electron chi connectivity index (χ1n) is 8.64. The average Bonchev–Trinajstić information content (AvgIpc) is 2.93. The molecule has 0 fully saturated rings. The summed E-state index contributed by atoms with van der Waals surface area (Å²) >= 11 is 0. The number of hydrogen-bond acceptors (Lipinski definition) is 4. The Bertz CT molecular complexity index is 946. The number of fused-ring (bicyclic) bond motifs is 1. The molecule has 26 heavy (non-hydrogen) atoms. The second-order valence-electron chi connectivity index (χ2n) is 5.91. The number of nitrogens with one attached hydrogen (secondary N) is 1. The van der Waals surface area contributed by atoms with Crippen LogP contribution >= 0.6 is 0 Å². The summed E-state index contributed by atoms with van der Waals surface area (Å²) in [6.45, 7) is 5.74. The fraction of sp³-hybridized carbons (Fsp3) is 0.136. The Hall–Kier alpha value is -3.27. The van der Waals surface area contributed by atoms with Crippen molar-refractivity contribution in [3.8, 4) is 0 Å². The Morgan fingerprint density at radius 1 is 1.23 bits per heavy atom. The van der Waals surface area contributed by atoms with Crippen LogP contribution in [0.1, 0.15) is 19.0 Å². The fourth-order valence-corrected chi connectivity index (χ4v) is 2.84. The van der Waals surface area contributed by atoms with Crippen molar-refractivity contribution in [2.24, 2.45) is 4.99 Å². The van der Waals surface area contributed by atoms with E-state index in [1.165, 1.54) is 5.57 Å². The topological polar surface area (TPSA) is 50.2 Å². The highest BCUT2D eigenvalue weighted by Crippen LogP contribution is 2.26. The van der Waals surface area contributed by atoms with E-state index in [0.717, 1.165) is 40.8 Å². The van der Waals surface area contributed by atoms with Crippen LogP contribution in [0.5, 0.6) is 0 Å². The largest absolute Gasteiger partial charge is 0.338 e. The Kier molecular flexibility index (Phi) is 5.88. The lowest BCUT2D eigenvalue weighted by Crippen LogP contribution is -2.05. The normalized spacial score (nSPS) is 14.5. The Morgan fingerprint density at radius 3 is 2.88 bits per heavy atom. The maximum absolute atomic E-state index is 4.51. The van der Waals surface area contributed by atoms with Gasteiger partial charge in [0, 0.05) is 35.3 Å². The number of allylic oxidation sites excluding steroid dienone is 7. The molecule has 0 spiro atoms. The van der Waals surface area contributed by atoms with Crippen molar-refractivity contribution in [2.45, 2.75) is 19.8 Å². The van der Waals surface area contributed by atoms with Gasteiger partial charge in [0.05, 0.1) is 5.69 Å². The van der Waals surface area contributed by atoms with Gasteiger partial charge < -0.3 is 5.32 Å². The van der Waals surface area contributed by atoms with Gasteiger partial charge in [-0.3, -0.25) is 4.99 Å². The molecule has 2 aromatic rings. The van der Waals surface area contributed by atoms with Gasteiger partial charge in [0.2, 0.25) is 0 Å². The van der Waals surface area contributed by atoms with Gasteiger partial charge in [-0.25, -0.2) is 0 Å². The summed E-state index contributed by atoms with van der Waals surface area (Å²) in [7, 11) is 0. The van der Waals surface area contributed by atoms with Crippen LogP contribution in [0, 0.1) is 0 Å². The van der Waals surface area contributed by atoms with Gasteiger partial charge in [0.1, 0.15) is 0 Å². The van der Waals surface area contributed by atoms with Crippen LogP contribution in [0.3, 0.4) is 0 Å². The van der Waals surface area contributed by atoms with E-state index in [0.29, 0.717) is 0 Å². The minimum absolute atomic E-state index is 0.742. The number of aromatic nitrogens is 2. The lowest BCUT2D eigenvalue weighted by Gasteiger charge is -2.12. The number of anilines is 1. The molecule has 1 aromatic heterocycles. The molecular weight excluding hydrogens is 320 g/mol. The zero-order chi connectivity index (χ0) is 18.2. The van der Waals surface area contributed by atoms with Crippen molar-refractivity contribution in [2.75, 3.05) is 5.32 Å². The first kappa shape index (κ1) is 17.5. The summed E-state index contributed by atoms with van der Waals surface area (Å²) in [5.41, 5.74) is 3.16. The standard InChI is InChI=1S/C22H22N4/c1-3-8-18(9-4-2)24-22-20-12-6-5-11-19(20)21(25-26-22)16-17-10-7-14-23-15-13-17/h3-9,11-15H,1,10,16H2,2H3,(H,24,26)/b9-4-,18-8+. The average molecular weight is 342 g/mol. The maximum Gasteiger partial charge on any atom is 0.160 e. The van der Waals surface area contributed by atoms with E-state index in [2.05, 4.69) is 51.4 Å². The third kappa shape index (κ3) is 4.22. The van der Waals surface area contributed by atoms with Crippen molar-refractivity contribution in [3.63, 3.8) is 0 Å². The van der Waals surface area contributed by atoms with E-state index >= 15 is 0 Å². The predicted octanol–water partition coefficient (Wildman–Crippen LogP) is 5.14. The van der Waals surface area contributed by atoms with Crippen molar-refractivity contribution < 1.29 is 0 Å². The Labute approximate surface area is 154 Å². The van der Waals surface area contributed by atoms with Crippen LogP contribution in [0.15, 0.2) is 89.8 Å². The van der Waals surface area contributed by atoms with E-state index < -0.39 is 0 Å². The minimum atomic E-state index is 0.742. The molecule has 1 aromatic carbocycles. The predicted molar refractivity (Wildman–Crippen MR) is 110 cm³/mol. The molecule has 0 saturated carbocycles. The quantitative estimate of drug-likeness (QED) is 0.739. The van der Waals surface area contributed by atoms with Crippen molar-refractivity contribution >= 4 is 22.8 Å². The summed E-state index contributed by atoms with van der Waals surface area (Å²) in [6, 6.07) is 8.22. The molecule has 0 aliphatic carbocycles. The third-order valence-corrected chi connectivity index (χ3v) is 4.03. The van der Waals surface area contributed by atoms with Gasteiger partial charge >= 0.3 is 0 Å². The van der Waals surface area contributed by atoms with Gasteiger partial charge in [-0.1, -0.05) is 54.6 Å². The highest BCUT2D eigenvalue weighted by Gasteiger charge is 2.11. The summed E-state index contributed by atoms with van der Waals surface area (Å²) in [5, 5.41) is 14.5. The molecule has 130 valence electrons. The molecule has 0 saturated heterocycles. The van der Waals surface area contributed by atoms with Gasteiger partial charge in [-0.2, -0.15) is 5.10 Å². The van der Waals surface area contributed by atoms with E-state index in [1.807, 2.05) is 49.7 Å². The van der Waals surface area contributed by atoms with Gasteiger partial charge in [0.25, 0.3) is 0 Å². The van der Waals surface area contributed by atoms with Gasteiger partial charge in [0.15, 0.2) is 5.82 Å². The zero-order valence-corrected chi connectivity index (χ0v) is 14.9. The summed E-state index contributed by atoms with van der Waals surface area (Å²) in [4.78, 5) is 4.16. The van der Waals surface area contributed by atoms with Crippen LogP contribution < -0.4 is 5.32 Å². The Morgan fingerprint density at radius 2 is 2.08 bits per heavy atom. The van der Waals surface area contributed by atoms with E-state index in [1.54, 1.807) is 6.08 Å². The highest BCUT2D eigenvalue weighted by molar-refractivity contribution is 5.93. The molecule has 0 unspecified atom stereocenters. The molecular formula is C22H22N4. The van der Waals surface area contributed by atoms with E-state index in [9.17, 15) is 0 Å².